The number of hydrogen-bond acceptors (Lipinski definition) is 5. The van der Waals surface area contributed by atoms with Crippen molar-refractivity contribution < 1.29 is 4.79 Å². The van der Waals surface area contributed by atoms with Gasteiger partial charge in [-0.1, -0.05) is 6.07 Å². The number of nitrogens with one attached hydrogen (secondary N) is 1. The number of carbonyl (C=O) groups excluding carboxylic acids is 1. The molecule has 0 radical (unpaired) electrons. The van der Waals surface area contributed by atoms with Crippen molar-refractivity contribution in [3.63, 3.8) is 0 Å². The van der Waals surface area contributed by atoms with Crippen LogP contribution in [0.1, 0.15) is 23.3 Å². The molecule has 4 rings (SSSR count). The summed E-state index contributed by atoms with van der Waals surface area (Å²) in [6.07, 6.45) is 4.12. The minimum Gasteiger partial charge on any atom is -0.272 e. The Morgan fingerprint density at radius 2 is 2.21 bits per heavy atom. The largest absolute Gasteiger partial charge is 0.281 e. The van der Waals surface area contributed by atoms with Crippen LogP contribution in [0.3, 0.4) is 0 Å². The first-order valence-electron chi connectivity index (χ1n) is 7.66. The molecule has 24 heavy (non-hydrogen) atoms. The Balaban J connectivity index is 2.01. The van der Waals surface area contributed by atoms with E-state index in [9.17, 15) is 9.59 Å². The minimum atomic E-state index is -0.429. The summed E-state index contributed by atoms with van der Waals surface area (Å²) in [7, 11) is 0. The van der Waals surface area contributed by atoms with Crippen molar-refractivity contribution >= 4 is 50.4 Å². The Bertz CT molecular complexity index is 976. The highest BCUT2D eigenvalue weighted by molar-refractivity contribution is 7.19. The topological polar surface area (TPSA) is 64.0 Å². The molecule has 0 fully saturated rings. The number of fused-ring (bicyclic) bond motifs is 3. The number of halogens is 1. The quantitative estimate of drug-likeness (QED) is 0.709. The monoisotopic (exact) mass is 379 g/mol. The van der Waals surface area contributed by atoms with Crippen LogP contribution in [0, 0.1) is 0 Å². The molecule has 1 aliphatic carbocycles. The Kier molecular flexibility index (Phi) is 4.15. The van der Waals surface area contributed by atoms with Crippen LogP contribution in [0.5, 0.6) is 0 Å². The van der Waals surface area contributed by atoms with Crippen LogP contribution in [0.25, 0.3) is 20.9 Å². The number of rotatable bonds is 3. The third kappa shape index (κ3) is 2.56. The number of hydrogen-bond donors (Lipinski definition) is 1. The summed E-state index contributed by atoms with van der Waals surface area (Å²) in [4.78, 5) is 32.4. The molecular weight excluding hydrogens is 366 g/mol. The number of carbonyl (C=O) groups is 1. The standard InChI is InChI=1S/C16H14ClN3O2S2/c17-8-12(21)19-20-14(11-6-3-7-23-11)18-15-13(16(20)22)9-4-1-2-5-10(9)24-15/h3,6-7H,1-2,4-5,8H2,(H,19,21). The van der Waals surface area contributed by atoms with E-state index < -0.39 is 5.91 Å². The van der Waals surface area contributed by atoms with Gasteiger partial charge in [0.1, 0.15) is 10.7 Å². The second-order valence-electron chi connectivity index (χ2n) is 5.61. The predicted molar refractivity (Wildman–Crippen MR) is 98.9 cm³/mol. The van der Waals surface area contributed by atoms with E-state index in [1.165, 1.54) is 20.9 Å². The number of alkyl halides is 1. The van der Waals surface area contributed by atoms with Gasteiger partial charge in [-0.3, -0.25) is 15.0 Å². The molecule has 0 bridgehead atoms. The van der Waals surface area contributed by atoms with Crippen molar-refractivity contribution in [2.75, 3.05) is 11.3 Å². The molecule has 0 saturated heterocycles. The zero-order valence-electron chi connectivity index (χ0n) is 12.7. The van der Waals surface area contributed by atoms with Crippen molar-refractivity contribution in [3.05, 3.63) is 38.3 Å². The van der Waals surface area contributed by atoms with Crippen LogP contribution in [0.15, 0.2) is 22.3 Å². The van der Waals surface area contributed by atoms with E-state index in [4.69, 9.17) is 16.6 Å². The summed E-state index contributed by atoms with van der Waals surface area (Å²) in [5, 5.41) is 2.56. The van der Waals surface area contributed by atoms with Crippen molar-refractivity contribution in [2.45, 2.75) is 25.7 Å². The second-order valence-corrected chi connectivity index (χ2v) is 7.91. The van der Waals surface area contributed by atoms with Crippen LogP contribution in [-0.2, 0) is 17.6 Å². The lowest BCUT2D eigenvalue weighted by Gasteiger charge is -2.13. The van der Waals surface area contributed by atoms with Crippen LogP contribution in [0.2, 0.25) is 0 Å². The molecule has 0 unspecified atom stereocenters. The molecule has 0 saturated carbocycles. The Labute approximate surface area is 150 Å². The summed E-state index contributed by atoms with van der Waals surface area (Å²) >= 11 is 8.68. The molecule has 3 heterocycles. The average Bonchev–Trinajstić information content (AvgIpc) is 3.24. The molecule has 3 aromatic heterocycles. The van der Waals surface area contributed by atoms with Gasteiger partial charge in [-0.15, -0.1) is 34.3 Å². The SMILES string of the molecule is O=C(CCl)Nn1c(-c2cccs2)nc2sc3c(c2c1=O)CCCC3. The fraction of sp³-hybridized carbons (Fsp3) is 0.312. The smallest absolute Gasteiger partial charge is 0.272 e. The van der Waals surface area contributed by atoms with Gasteiger partial charge in [0.05, 0.1) is 10.3 Å². The van der Waals surface area contributed by atoms with E-state index in [-0.39, 0.29) is 11.4 Å². The van der Waals surface area contributed by atoms with E-state index in [0.717, 1.165) is 41.0 Å². The Hall–Kier alpha value is -1.70. The lowest BCUT2D eigenvalue weighted by molar-refractivity contribution is -0.114. The zero-order chi connectivity index (χ0) is 16.7. The minimum absolute atomic E-state index is 0.212. The first-order valence-corrected chi connectivity index (χ1v) is 9.89. The van der Waals surface area contributed by atoms with Gasteiger partial charge < -0.3 is 0 Å². The number of amides is 1. The molecule has 1 amide bonds. The maximum absolute atomic E-state index is 13.1. The van der Waals surface area contributed by atoms with Crippen molar-refractivity contribution in [1.82, 2.24) is 9.66 Å². The normalized spacial score (nSPS) is 13.9. The predicted octanol–water partition coefficient (Wildman–Crippen LogP) is 3.37. The third-order valence-corrected chi connectivity index (χ3v) is 6.38. The highest BCUT2D eigenvalue weighted by atomic mass is 35.5. The summed E-state index contributed by atoms with van der Waals surface area (Å²) in [5.74, 6) is -0.183. The van der Waals surface area contributed by atoms with Crippen molar-refractivity contribution in [3.8, 4) is 10.7 Å². The highest BCUT2D eigenvalue weighted by Gasteiger charge is 2.23. The third-order valence-electron chi connectivity index (χ3n) is 4.09. The van der Waals surface area contributed by atoms with Gasteiger partial charge in [-0.25, -0.2) is 4.98 Å². The van der Waals surface area contributed by atoms with Crippen molar-refractivity contribution in [2.24, 2.45) is 0 Å². The Morgan fingerprint density at radius 3 is 2.96 bits per heavy atom. The van der Waals surface area contributed by atoms with Crippen molar-refractivity contribution in [1.29, 1.82) is 0 Å². The van der Waals surface area contributed by atoms with E-state index >= 15 is 0 Å². The number of thiophene rings is 2. The summed E-state index contributed by atoms with van der Waals surface area (Å²) < 4.78 is 1.25. The fourth-order valence-corrected chi connectivity index (χ4v) is 5.05. The lowest BCUT2D eigenvalue weighted by Crippen LogP contribution is -2.35. The number of aromatic nitrogens is 2. The molecule has 0 spiro atoms. The van der Waals surface area contributed by atoms with E-state index in [1.807, 2.05) is 17.5 Å². The number of nitrogens with zero attached hydrogens (tertiary/aromatic N) is 2. The summed E-state index contributed by atoms with van der Waals surface area (Å²) in [6, 6.07) is 3.78. The van der Waals surface area contributed by atoms with E-state index in [1.54, 1.807) is 11.3 Å². The molecule has 1 N–H and O–H groups in total. The molecule has 3 aromatic rings. The van der Waals surface area contributed by atoms with E-state index in [0.29, 0.717) is 11.2 Å². The molecule has 124 valence electrons. The molecule has 0 atom stereocenters. The number of aryl methyl sites for hydroxylation is 2. The Morgan fingerprint density at radius 1 is 1.38 bits per heavy atom. The molecule has 0 aromatic carbocycles. The van der Waals surface area contributed by atoms with Crippen LogP contribution < -0.4 is 11.0 Å². The molecular formula is C16H14ClN3O2S2. The lowest BCUT2D eigenvalue weighted by atomic mass is 9.97. The van der Waals surface area contributed by atoms with Gasteiger partial charge in [0.25, 0.3) is 11.5 Å². The van der Waals surface area contributed by atoms with Gasteiger partial charge in [0, 0.05) is 4.88 Å². The maximum atomic E-state index is 13.1. The molecule has 8 heteroatoms. The van der Waals surface area contributed by atoms with E-state index in [2.05, 4.69) is 5.43 Å². The van der Waals surface area contributed by atoms with Gasteiger partial charge in [0.2, 0.25) is 0 Å². The van der Waals surface area contributed by atoms with Crippen LogP contribution >= 0.6 is 34.3 Å². The highest BCUT2D eigenvalue weighted by Crippen LogP contribution is 2.35. The average molecular weight is 380 g/mol. The van der Waals surface area contributed by atoms with Gasteiger partial charge in [0.15, 0.2) is 5.82 Å². The summed E-state index contributed by atoms with van der Waals surface area (Å²) in [5.41, 5.74) is 3.47. The second kappa shape index (κ2) is 6.31. The molecule has 5 nitrogen and oxygen atoms in total. The summed E-state index contributed by atoms with van der Waals surface area (Å²) in [6.45, 7) is 0. The van der Waals surface area contributed by atoms with Gasteiger partial charge in [-0.2, -0.15) is 4.68 Å². The first-order chi connectivity index (χ1) is 11.7. The maximum Gasteiger partial charge on any atom is 0.281 e. The van der Waals surface area contributed by atoms with Gasteiger partial charge >= 0.3 is 0 Å². The van der Waals surface area contributed by atoms with Crippen LogP contribution in [0.4, 0.5) is 0 Å². The zero-order valence-corrected chi connectivity index (χ0v) is 15.1. The van der Waals surface area contributed by atoms with Crippen LogP contribution in [-0.4, -0.2) is 21.4 Å². The molecule has 0 aliphatic heterocycles. The van der Waals surface area contributed by atoms with Gasteiger partial charge in [-0.05, 0) is 42.7 Å². The fourth-order valence-electron chi connectivity index (χ4n) is 3.03. The molecule has 1 aliphatic rings. The first kappa shape index (κ1) is 15.8.